The first-order valence-corrected chi connectivity index (χ1v) is 4.60. The number of carbonyl (C=O) groups is 1. The topological polar surface area (TPSA) is 38.3 Å². The maximum absolute atomic E-state index is 11.0. The highest BCUT2D eigenvalue weighted by atomic mass is 16.5. The lowest BCUT2D eigenvalue weighted by Crippen LogP contribution is -2.29. The molecule has 0 amide bonds. The molecule has 0 aromatic rings. The molecule has 0 aromatic heterocycles. The van der Waals surface area contributed by atoms with Crippen LogP contribution >= 0.6 is 0 Å². The average Bonchev–Trinajstić information content (AvgIpc) is 2.51. The third-order valence-electron chi connectivity index (χ3n) is 2.06. The molecule has 0 aliphatic carbocycles. The van der Waals surface area contributed by atoms with Crippen molar-refractivity contribution in [3.8, 4) is 0 Å². The van der Waals surface area contributed by atoms with Gasteiger partial charge in [0.15, 0.2) is 0 Å². The summed E-state index contributed by atoms with van der Waals surface area (Å²) in [5.41, 5.74) is 0. The molecule has 1 fully saturated rings. The second-order valence-electron chi connectivity index (χ2n) is 3.58. The lowest BCUT2D eigenvalue weighted by atomic mass is 10.2. The highest BCUT2D eigenvalue weighted by Gasteiger charge is 2.16. The van der Waals surface area contributed by atoms with E-state index in [0.29, 0.717) is 12.6 Å². The molecule has 1 heterocycles. The molecule has 1 saturated heterocycles. The van der Waals surface area contributed by atoms with Crippen LogP contribution in [0.25, 0.3) is 0 Å². The average molecular weight is 171 g/mol. The maximum atomic E-state index is 11.0. The fourth-order valence-electron chi connectivity index (χ4n) is 1.25. The van der Waals surface area contributed by atoms with Gasteiger partial charge in [-0.3, -0.25) is 4.79 Å². The summed E-state index contributed by atoms with van der Waals surface area (Å²) in [4.78, 5) is 11.0. The Labute approximate surface area is 73.5 Å². The highest BCUT2D eigenvalue weighted by molar-refractivity contribution is 5.71. The van der Waals surface area contributed by atoms with Crippen molar-refractivity contribution in [2.24, 2.45) is 5.92 Å². The molecule has 3 heteroatoms. The van der Waals surface area contributed by atoms with Gasteiger partial charge in [-0.1, -0.05) is 13.8 Å². The number of rotatable bonds is 3. The van der Waals surface area contributed by atoms with Gasteiger partial charge in [0.1, 0.15) is 6.61 Å². The van der Waals surface area contributed by atoms with E-state index in [1.165, 1.54) is 6.42 Å². The van der Waals surface area contributed by atoms with Crippen LogP contribution in [0.1, 0.15) is 26.7 Å². The van der Waals surface area contributed by atoms with Crippen LogP contribution in [0.15, 0.2) is 0 Å². The normalized spacial score (nSPS) is 23.1. The van der Waals surface area contributed by atoms with Crippen molar-refractivity contribution >= 4 is 5.97 Å². The zero-order chi connectivity index (χ0) is 8.97. The molecule has 0 saturated carbocycles. The third kappa shape index (κ3) is 2.81. The van der Waals surface area contributed by atoms with Crippen molar-refractivity contribution in [2.75, 3.05) is 13.2 Å². The predicted molar refractivity (Wildman–Crippen MR) is 46.8 cm³/mol. The minimum Gasteiger partial charge on any atom is -0.464 e. The molecule has 1 aliphatic heterocycles. The van der Waals surface area contributed by atoms with Crippen molar-refractivity contribution in [2.45, 2.75) is 32.7 Å². The van der Waals surface area contributed by atoms with E-state index < -0.39 is 0 Å². The van der Waals surface area contributed by atoms with Gasteiger partial charge >= 0.3 is 5.97 Å². The molecule has 1 aliphatic rings. The highest BCUT2D eigenvalue weighted by Crippen LogP contribution is 2.06. The van der Waals surface area contributed by atoms with Gasteiger partial charge in [-0.25, -0.2) is 0 Å². The minimum absolute atomic E-state index is 0.00796. The van der Waals surface area contributed by atoms with E-state index in [0.717, 1.165) is 13.0 Å². The van der Waals surface area contributed by atoms with Crippen LogP contribution in [0.2, 0.25) is 0 Å². The van der Waals surface area contributed by atoms with Gasteiger partial charge in [-0.2, -0.15) is 0 Å². The minimum atomic E-state index is -0.0938. The third-order valence-corrected chi connectivity index (χ3v) is 2.06. The van der Waals surface area contributed by atoms with Gasteiger partial charge in [0.2, 0.25) is 0 Å². The number of nitrogens with one attached hydrogen (secondary N) is 1. The van der Waals surface area contributed by atoms with Gasteiger partial charge in [0, 0.05) is 6.04 Å². The Bertz CT molecular complexity index is 151. The van der Waals surface area contributed by atoms with Gasteiger partial charge < -0.3 is 10.1 Å². The van der Waals surface area contributed by atoms with E-state index in [1.54, 1.807) is 0 Å². The lowest BCUT2D eigenvalue weighted by molar-refractivity contribution is -0.147. The number of hydrogen-bond donors (Lipinski definition) is 1. The first-order chi connectivity index (χ1) is 5.70. The van der Waals surface area contributed by atoms with Crippen molar-refractivity contribution in [3.63, 3.8) is 0 Å². The largest absolute Gasteiger partial charge is 0.464 e. The van der Waals surface area contributed by atoms with Crippen molar-refractivity contribution in [1.29, 1.82) is 0 Å². The Balaban J connectivity index is 2.12. The van der Waals surface area contributed by atoms with Crippen LogP contribution in [0.5, 0.6) is 0 Å². The molecule has 0 spiro atoms. The van der Waals surface area contributed by atoms with Crippen LogP contribution in [0, 0.1) is 5.92 Å². The molecule has 3 nitrogen and oxygen atoms in total. The molecule has 0 aromatic carbocycles. The molecule has 0 bridgehead atoms. The number of ether oxygens (including phenoxy) is 1. The Kier molecular flexibility index (Phi) is 3.53. The first kappa shape index (κ1) is 9.52. The fraction of sp³-hybridized carbons (Fsp3) is 0.889. The summed E-state index contributed by atoms with van der Waals surface area (Å²) in [7, 11) is 0. The molecule has 1 rings (SSSR count). The SMILES string of the molecule is CC(C)C(=O)OC[C@@H]1CCCN1. The Morgan fingerprint density at radius 3 is 2.92 bits per heavy atom. The van der Waals surface area contributed by atoms with Crippen LogP contribution in [0.3, 0.4) is 0 Å². The Morgan fingerprint density at radius 2 is 2.42 bits per heavy atom. The van der Waals surface area contributed by atoms with E-state index in [9.17, 15) is 4.79 Å². The zero-order valence-electron chi connectivity index (χ0n) is 7.80. The number of hydrogen-bond acceptors (Lipinski definition) is 3. The standard InChI is InChI=1S/C9H17NO2/c1-7(2)9(11)12-6-8-4-3-5-10-8/h7-8,10H,3-6H2,1-2H3/t8-/m0/s1. The molecule has 1 atom stereocenters. The second kappa shape index (κ2) is 4.45. The molecule has 0 radical (unpaired) electrons. The van der Waals surface area contributed by atoms with Gasteiger partial charge in [0.25, 0.3) is 0 Å². The van der Waals surface area contributed by atoms with Crippen LogP contribution in [-0.2, 0) is 9.53 Å². The molecular formula is C9H17NO2. The quantitative estimate of drug-likeness (QED) is 0.642. The fourth-order valence-corrected chi connectivity index (χ4v) is 1.25. The zero-order valence-corrected chi connectivity index (χ0v) is 7.80. The smallest absolute Gasteiger partial charge is 0.308 e. The van der Waals surface area contributed by atoms with Gasteiger partial charge in [-0.05, 0) is 19.4 Å². The van der Waals surface area contributed by atoms with E-state index in [4.69, 9.17) is 4.74 Å². The molecule has 1 N–H and O–H groups in total. The summed E-state index contributed by atoms with van der Waals surface area (Å²) in [6.45, 7) is 5.30. The van der Waals surface area contributed by atoms with Crippen LogP contribution in [-0.4, -0.2) is 25.2 Å². The monoisotopic (exact) mass is 171 g/mol. The summed E-state index contributed by atoms with van der Waals surface area (Å²) in [5.74, 6) is -0.102. The summed E-state index contributed by atoms with van der Waals surface area (Å²) in [6.07, 6.45) is 2.33. The lowest BCUT2D eigenvalue weighted by Gasteiger charge is -2.11. The summed E-state index contributed by atoms with van der Waals surface area (Å²) < 4.78 is 5.09. The molecule has 70 valence electrons. The molecule has 12 heavy (non-hydrogen) atoms. The van der Waals surface area contributed by atoms with Gasteiger partial charge in [0.05, 0.1) is 5.92 Å². The van der Waals surface area contributed by atoms with Crippen LogP contribution in [0.4, 0.5) is 0 Å². The van der Waals surface area contributed by atoms with E-state index in [-0.39, 0.29) is 11.9 Å². The summed E-state index contributed by atoms with van der Waals surface area (Å²) in [6, 6.07) is 0.396. The Hall–Kier alpha value is -0.570. The Morgan fingerprint density at radius 1 is 1.67 bits per heavy atom. The number of carbonyl (C=O) groups excluding carboxylic acids is 1. The molecule has 0 unspecified atom stereocenters. The molecular weight excluding hydrogens is 154 g/mol. The van der Waals surface area contributed by atoms with Crippen molar-refractivity contribution < 1.29 is 9.53 Å². The van der Waals surface area contributed by atoms with E-state index >= 15 is 0 Å². The summed E-state index contributed by atoms with van der Waals surface area (Å²) in [5, 5.41) is 3.27. The first-order valence-electron chi connectivity index (χ1n) is 4.60. The maximum Gasteiger partial charge on any atom is 0.308 e. The van der Waals surface area contributed by atoms with Crippen LogP contribution < -0.4 is 5.32 Å². The summed E-state index contributed by atoms with van der Waals surface area (Å²) >= 11 is 0. The van der Waals surface area contributed by atoms with E-state index in [1.807, 2.05) is 13.8 Å². The van der Waals surface area contributed by atoms with Crippen molar-refractivity contribution in [1.82, 2.24) is 5.32 Å². The van der Waals surface area contributed by atoms with Gasteiger partial charge in [-0.15, -0.1) is 0 Å². The van der Waals surface area contributed by atoms with Crippen molar-refractivity contribution in [3.05, 3.63) is 0 Å². The predicted octanol–water partition coefficient (Wildman–Crippen LogP) is 0.938. The number of esters is 1. The van der Waals surface area contributed by atoms with E-state index in [2.05, 4.69) is 5.32 Å². The second-order valence-corrected chi connectivity index (χ2v) is 3.58.